The molecule has 0 radical (unpaired) electrons. The lowest BCUT2D eigenvalue weighted by Gasteiger charge is -2.12. The summed E-state index contributed by atoms with van der Waals surface area (Å²) in [7, 11) is 0. The van der Waals surface area contributed by atoms with Crippen LogP contribution >= 0.6 is 0 Å². The molecule has 0 spiro atoms. The van der Waals surface area contributed by atoms with Crippen LogP contribution in [0.3, 0.4) is 0 Å². The van der Waals surface area contributed by atoms with E-state index in [2.05, 4.69) is 31.0 Å². The van der Waals surface area contributed by atoms with Gasteiger partial charge in [-0.1, -0.05) is 48.5 Å². The Morgan fingerprint density at radius 2 is 1.00 bits per heavy atom. The van der Waals surface area contributed by atoms with Crippen LogP contribution in [0.2, 0.25) is 0 Å². The van der Waals surface area contributed by atoms with Gasteiger partial charge in [0.15, 0.2) is 0 Å². The van der Waals surface area contributed by atoms with Crippen LogP contribution in [-0.2, 0) is 13.1 Å². The fourth-order valence-corrected chi connectivity index (χ4v) is 4.00. The van der Waals surface area contributed by atoms with Crippen molar-refractivity contribution in [1.29, 1.82) is 0 Å². The standard InChI is InChI=1S/C28H26N8O2/c29-27(31-15-19-7-5-13-37-19)35-33-17-25-21-9-1-2-10-22(21)26(24-12-4-3-11-23(24)25)18-34-36-28(30)32-16-20-8-6-14-38-20/h1-14,17-18H,15-16H2,(H3,29,31,35)(H3,30,32,36). The molecule has 2 heterocycles. The molecule has 6 N–H and O–H groups in total. The summed E-state index contributed by atoms with van der Waals surface area (Å²) in [5.41, 5.74) is 19.4. The molecule has 190 valence electrons. The van der Waals surface area contributed by atoms with Crippen LogP contribution in [-0.4, -0.2) is 24.3 Å². The van der Waals surface area contributed by atoms with Crippen LogP contribution in [0, 0.1) is 0 Å². The van der Waals surface area contributed by atoms with Crippen molar-refractivity contribution in [2.45, 2.75) is 13.1 Å². The fraction of sp³-hybridized carbons (Fsp3) is 0.0714. The molecular formula is C28H26N8O2. The van der Waals surface area contributed by atoms with Gasteiger partial charge in [-0.05, 0) is 45.8 Å². The first-order valence-electron chi connectivity index (χ1n) is 11.9. The molecule has 10 nitrogen and oxygen atoms in total. The summed E-state index contributed by atoms with van der Waals surface area (Å²) in [6, 6.07) is 23.4. The van der Waals surface area contributed by atoms with Gasteiger partial charge in [-0.15, -0.1) is 0 Å². The van der Waals surface area contributed by atoms with E-state index in [1.54, 1.807) is 37.1 Å². The van der Waals surface area contributed by atoms with Crippen molar-refractivity contribution in [3.05, 3.63) is 108 Å². The average molecular weight is 507 g/mol. The molecule has 0 amide bonds. The van der Waals surface area contributed by atoms with Crippen molar-refractivity contribution in [2.75, 3.05) is 0 Å². The van der Waals surface area contributed by atoms with Gasteiger partial charge < -0.3 is 20.3 Å². The molecule has 10 heteroatoms. The Balaban J connectivity index is 1.41. The molecule has 0 aliphatic heterocycles. The van der Waals surface area contributed by atoms with Crippen LogP contribution in [0.1, 0.15) is 22.6 Å². The second-order valence-corrected chi connectivity index (χ2v) is 8.22. The highest BCUT2D eigenvalue weighted by molar-refractivity contribution is 6.21. The third-order valence-electron chi connectivity index (χ3n) is 5.73. The number of nitrogens with one attached hydrogen (secondary N) is 2. The van der Waals surface area contributed by atoms with Gasteiger partial charge in [0.05, 0.1) is 25.0 Å². The molecule has 3 aromatic carbocycles. The van der Waals surface area contributed by atoms with Crippen molar-refractivity contribution >= 4 is 45.9 Å². The highest BCUT2D eigenvalue weighted by Gasteiger charge is 2.11. The van der Waals surface area contributed by atoms with Crippen molar-refractivity contribution in [3.8, 4) is 0 Å². The number of furan rings is 2. The van der Waals surface area contributed by atoms with Gasteiger partial charge in [0, 0.05) is 11.1 Å². The lowest BCUT2D eigenvalue weighted by molar-refractivity contribution is 0.512. The van der Waals surface area contributed by atoms with Crippen LogP contribution in [0.15, 0.2) is 114 Å². The predicted octanol–water partition coefficient (Wildman–Crippen LogP) is 4.06. The van der Waals surface area contributed by atoms with Gasteiger partial charge >= 0.3 is 0 Å². The minimum atomic E-state index is 0.187. The summed E-state index contributed by atoms with van der Waals surface area (Å²) in [5.74, 6) is 1.81. The molecule has 0 saturated carbocycles. The summed E-state index contributed by atoms with van der Waals surface area (Å²) >= 11 is 0. The Kier molecular flexibility index (Phi) is 7.40. The first kappa shape index (κ1) is 24.3. The molecular weight excluding hydrogens is 480 g/mol. The second-order valence-electron chi connectivity index (χ2n) is 8.22. The summed E-state index contributed by atoms with van der Waals surface area (Å²) in [6.45, 7) is 0.653. The number of aliphatic imine (C=N–C) groups is 2. The quantitative estimate of drug-likeness (QED) is 0.108. The summed E-state index contributed by atoms with van der Waals surface area (Å²) in [5, 5.41) is 12.7. The third-order valence-corrected chi connectivity index (χ3v) is 5.73. The first-order valence-corrected chi connectivity index (χ1v) is 11.9. The van der Waals surface area contributed by atoms with Gasteiger partial charge in [0.1, 0.15) is 24.6 Å². The highest BCUT2D eigenvalue weighted by atomic mass is 16.3. The highest BCUT2D eigenvalue weighted by Crippen LogP contribution is 2.31. The molecule has 0 aliphatic rings. The van der Waals surface area contributed by atoms with E-state index in [9.17, 15) is 0 Å². The monoisotopic (exact) mass is 506 g/mol. The van der Waals surface area contributed by atoms with E-state index in [0.717, 1.165) is 32.7 Å². The Bertz CT molecular complexity index is 1460. The van der Waals surface area contributed by atoms with Gasteiger partial charge in [0.2, 0.25) is 11.9 Å². The molecule has 0 unspecified atom stereocenters. The van der Waals surface area contributed by atoms with Crippen LogP contribution in [0.25, 0.3) is 21.5 Å². The van der Waals surface area contributed by atoms with E-state index in [1.807, 2.05) is 60.7 Å². The summed E-state index contributed by atoms with van der Waals surface area (Å²) < 4.78 is 10.5. The Labute approximate surface area is 218 Å². The molecule has 0 atom stereocenters. The minimum absolute atomic E-state index is 0.187. The molecule has 5 aromatic rings. The van der Waals surface area contributed by atoms with E-state index in [-0.39, 0.29) is 11.9 Å². The van der Waals surface area contributed by atoms with E-state index < -0.39 is 0 Å². The molecule has 0 saturated heterocycles. The molecule has 5 rings (SSSR count). The lowest BCUT2D eigenvalue weighted by atomic mass is 9.92. The van der Waals surface area contributed by atoms with Gasteiger partial charge in [0.25, 0.3) is 0 Å². The number of nitrogens with two attached hydrogens (primary N) is 2. The normalized spacial score (nSPS) is 12.7. The van der Waals surface area contributed by atoms with Crippen molar-refractivity contribution < 1.29 is 8.83 Å². The SMILES string of the molecule is NC(=NCc1ccco1)NN=Cc1c2ccccc2c(C=NNC(N)=NCc2ccco2)c2ccccc12. The van der Waals surface area contributed by atoms with E-state index >= 15 is 0 Å². The van der Waals surface area contributed by atoms with Crippen LogP contribution < -0.4 is 22.3 Å². The summed E-state index contributed by atoms with van der Waals surface area (Å²) in [6.07, 6.45) is 6.69. The number of hydrazone groups is 2. The number of nitrogens with zero attached hydrogens (tertiary/aromatic N) is 4. The topological polar surface area (TPSA) is 152 Å². The molecule has 0 fully saturated rings. The van der Waals surface area contributed by atoms with Gasteiger partial charge in [-0.3, -0.25) is 0 Å². The zero-order valence-electron chi connectivity index (χ0n) is 20.4. The Morgan fingerprint density at radius 3 is 1.34 bits per heavy atom. The number of guanidine groups is 2. The smallest absolute Gasteiger partial charge is 0.209 e. The van der Waals surface area contributed by atoms with E-state index in [0.29, 0.717) is 24.6 Å². The Morgan fingerprint density at radius 1 is 0.605 bits per heavy atom. The molecule has 2 aromatic heterocycles. The van der Waals surface area contributed by atoms with Crippen molar-refractivity contribution in [1.82, 2.24) is 10.9 Å². The average Bonchev–Trinajstić information content (AvgIpc) is 3.66. The fourth-order valence-electron chi connectivity index (χ4n) is 4.00. The summed E-state index contributed by atoms with van der Waals surface area (Å²) in [4.78, 5) is 8.48. The van der Waals surface area contributed by atoms with Crippen molar-refractivity contribution in [3.63, 3.8) is 0 Å². The zero-order valence-corrected chi connectivity index (χ0v) is 20.4. The van der Waals surface area contributed by atoms with E-state index in [1.165, 1.54) is 0 Å². The van der Waals surface area contributed by atoms with Crippen molar-refractivity contribution in [2.24, 2.45) is 31.7 Å². The van der Waals surface area contributed by atoms with Crippen LogP contribution in [0.5, 0.6) is 0 Å². The Hall–Kier alpha value is -5.38. The van der Waals surface area contributed by atoms with Gasteiger partial charge in [-0.2, -0.15) is 10.2 Å². The number of hydrogen-bond donors (Lipinski definition) is 4. The minimum Gasteiger partial charge on any atom is -0.467 e. The third kappa shape index (κ3) is 5.71. The molecule has 0 bridgehead atoms. The number of benzene rings is 3. The number of fused-ring (bicyclic) bond motifs is 2. The van der Waals surface area contributed by atoms with E-state index in [4.69, 9.17) is 20.3 Å². The second kappa shape index (κ2) is 11.6. The zero-order chi connectivity index (χ0) is 26.2. The maximum Gasteiger partial charge on any atom is 0.209 e. The maximum atomic E-state index is 5.97. The maximum absolute atomic E-state index is 5.97. The molecule has 38 heavy (non-hydrogen) atoms. The largest absolute Gasteiger partial charge is 0.467 e. The predicted molar refractivity (Wildman–Crippen MR) is 151 cm³/mol. The number of rotatable bonds is 8. The lowest BCUT2D eigenvalue weighted by Crippen LogP contribution is -2.27. The number of hydrogen-bond acceptors (Lipinski definition) is 6. The van der Waals surface area contributed by atoms with Crippen LogP contribution in [0.4, 0.5) is 0 Å². The molecule has 0 aliphatic carbocycles. The van der Waals surface area contributed by atoms with Gasteiger partial charge in [-0.25, -0.2) is 20.8 Å². The first-order chi connectivity index (χ1) is 18.7.